The lowest BCUT2D eigenvalue weighted by Gasteiger charge is -2.23. The lowest BCUT2D eigenvalue weighted by atomic mass is 10.0. The van der Waals surface area contributed by atoms with E-state index in [4.69, 9.17) is 11.6 Å². The SMILES string of the molecule is CNCCN(C)C(C)C(=O)c1cccc(Cl)c1. The van der Waals surface area contributed by atoms with Crippen LogP contribution >= 0.6 is 11.6 Å². The van der Waals surface area contributed by atoms with E-state index in [-0.39, 0.29) is 11.8 Å². The summed E-state index contributed by atoms with van der Waals surface area (Å²) >= 11 is 5.88. The summed E-state index contributed by atoms with van der Waals surface area (Å²) in [6, 6.07) is 6.95. The summed E-state index contributed by atoms with van der Waals surface area (Å²) < 4.78 is 0. The molecule has 0 aliphatic heterocycles. The van der Waals surface area contributed by atoms with E-state index in [1.165, 1.54) is 0 Å². The Morgan fingerprint density at radius 2 is 2.24 bits per heavy atom. The van der Waals surface area contributed by atoms with Crippen LogP contribution in [0.15, 0.2) is 24.3 Å². The average molecular weight is 255 g/mol. The number of nitrogens with zero attached hydrogens (tertiary/aromatic N) is 1. The Balaban J connectivity index is 2.69. The number of halogens is 1. The van der Waals surface area contributed by atoms with Gasteiger partial charge in [0.15, 0.2) is 5.78 Å². The number of benzene rings is 1. The van der Waals surface area contributed by atoms with Gasteiger partial charge in [-0.15, -0.1) is 0 Å². The minimum absolute atomic E-state index is 0.103. The molecule has 1 atom stereocenters. The molecule has 1 unspecified atom stereocenters. The Morgan fingerprint density at radius 3 is 2.82 bits per heavy atom. The number of ketones is 1. The van der Waals surface area contributed by atoms with Gasteiger partial charge in [0.25, 0.3) is 0 Å². The minimum Gasteiger partial charge on any atom is -0.318 e. The first-order chi connectivity index (χ1) is 8.06. The molecule has 1 rings (SSSR count). The highest BCUT2D eigenvalue weighted by molar-refractivity contribution is 6.31. The summed E-state index contributed by atoms with van der Waals surface area (Å²) in [6.45, 7) is 3.62. The first-order valence-electron chi connectivity index (χ1n) is 5.71. The average Bonchev–Trinajstić information content (AvgIpc) is 2.34. The molecule has 0 aromatic heterocycles. The van der Waals surface area contributed by atoms with Crippen LogP contribution in [0.1, 0.15) is 17.3 Å². The molecule has 17 heavy (non-hydrogen) atoms. The van der Waals surface area contributed by atoms with Gasteiger partial charge in [0.2, 0.25) is 0 Å². The smallest absolute Gasteiger partial charge is 0.179 e. The van der Waals surface area contributed by atoms with Gasteiger partial charge in [-0.05, 0) is 33.2 Å². The molecule has 0 saturated heterocycles. The van der Waals surface area contributed by atoms with E-state index in [1.807, 2.05) is 25.9 Å². The number of rotatable bonds is 6. The summed E-state index contributed by atoms with van der Waals surface area (Å²) in [7, 11) is 3.85. The fraction of sp³-hybridized carbons (Fsp3) is 0.462. The van der Waals surface area contributed by atoms with Crippen molar-refractivity contribution >= 4 is 17.4 Å². The first kappa shape index (κ1) is 14.2. The van der Waals surface area contributed by atoms with Gasteiger partial charge in [0, 0.05) is 23.7 Å². The second-order valence-corrected chi connectivity index (χ2v) is 4.57. The van der Waals surface area contributed by atoms with Crippen LogP contribution in [-0.2, 0) is 0 Å². The van der Waals surface area contributed by atoms with Gasteiger partial charge in [-0.1, -0.05) is 23.7 Å². The standard InChI is InChI=1S/C13H19ClN2O/c1-10(16(3)8-7-15-2)13(17)11-5-4-6-12(14)9-11/h4-6,9-10,15H,7-8H2,1-3H3. The van der Waals surface area contributed by atoms with E-state index in [0.29, 0.717) is 10.6 Å². The number of likely N-dealkylation sites (N-methyl/N-ethyl adjacent to an activating group) is 2. The van der Waals surface area contributed by atoms with E-state index >= 15 is 0 Å². The summed E-state index contributed by atoms with van der Waals surface area (Å²) in [5.74, 6) is 0.103. The molecule has 94 valence electrons. The lowest BCUT2D eigenvalue weighted by Crippen LogP contribution is -2.39. The van der Waals surface area contributed by atoms with Crippen molar-refractivity contribution in [3.05, 3.63) is 34.9 Å². The van der Waals surface area contributed by atoms with Crippen molar-refractivity contribution in [2.24, 2.45) is 0 Å². The molecule has 0 aliphatic rings. The number of Topliss-reactive ketones (excluding diaryl/α,β-unsaturated/α-hetero) is 1. The van der Waals surface area contributed by atoms with Crippen molar-refractivity contribution in [3.63, 3.8) is 0 Å². The van der Waals surface area contributed by atoms with Gasteiger partial charge in [-0.25, -0.2) is 0 Å². The maximum atomic E-state index is 12.2. The number of carbonyl (C=O) groups excluding carboxylic acids is 1. The predicted molar refractivity (Wildman–Crippen MR) is 71.8 cm³/mol. The molecule has 1 N–H and O–H groups in total. The first-order valence-corrected chi connectivity index (χ1v) is 6.08. The third-order valence-electron chi connectivity index (χ3n) is 2.86. The monoisotopic (exact) mass is 254 g/mol. The fourth-order valence-corrected chi connectivity index (χ4v) is 1.76. The third-order valence-corrected chi connectivity index (χ3v) is 3.10. The zero-order chi connectivity index (χ0) is 12.8. The van der Waals surface area contributed by atoms with Crippen LogP contribution < -0.4 is 5.32 Å². The second kappa shape index (κ2) is 6.74. The fourth-order valence-electron chi connectivity index (χ4n) is 1.56. The highest BCUT2D eigenvalue weighted by Crippen LogP contribution is 2.13. The molecule has 1 aromatic carbocycles. The van der Waals surface area contributed by atoms with Crippen molar-refractivity contribution in [2.45, 2.75) is 13.0 Å². The van der Waals surface area contributed by atoms with Crippen LogP contribution in [0.5, 0.6) is 0 Å². The zero-order valence-corrected chi connectivity index (χ0v) is 11.3. The molecule has 0 amide bonds. The quantitative estimate of drug-likeness (QED) is 0.789. The van der Waals surface area contributed by atoms with Gasteiger partial charge < -0.3 is 5.32 Å². The predicted octanol–water partition coefficient (Wildman–Crippen LogP) is 2.06. The summed E-state index contributed by atoms with van der Waals surface area (Å²) in [5.41, 5.74) is 0.668. The summed E-state index contributed by atoms with van der Waals surface area (Å²) in [4.78, 5) is 14.2. The summed E-state index contributed by atoms with van der Waals surface area (Å²) in [6.07, 6.45) is 0. The minimum atomic E-state index is -0.137. The van der Waals surface area contributed by atoms with Crippen LogP contribution in [0.3, 0.4) is 0 Å². The third kappa shape index (κ3) is 4.11. The van der Waals surface area contributed by atoms with E-state index < -0.39 is 0 Å². The number of hydrogen-bond donors (Lipinski definition) is 1. The maximum absolute atomic E-state index is 12.2. The Bertz CT molecular complexity index is 381. The van der Waals surface area contributed by atoms with E-state index in [2.05, 4.69) is 5.32 Å². The van der Waals surface area contributed by atoms with Crippen molar-refractivity contribution in [2.75, 3.05) is 27.2 Å². The Labute approximate surface area is 108 Å². The molecule has 3 nitrogen and oxygen atoms in total. The number of hydrogen-bond acceptors (Lipinski definition) is 3. The molecule has 4 heteroatoms. The summed E-state index contributed by atoms with van der Waals surface area (Å²) in [5, 5.41) is 3.67. The highest BCUT2D eigenvalue weighted by Gasteiger charge is 2.19. The van der Waals surface area contributed by atoms with Crippen molar-refractivity contribution < 1.29 is 4.79 Å². The van der Waals surface area contributed by atoms with Gasteiger partial charge in [0.1, 0.15) is 0 Å². The number of carbonyl (C=O) groups is 1. The van der Waals surface area contributed by atoms with Crippen molar-refractivity contribution in [3.8, 4) is 0 Å². The lowest BCUT2D eigenvalue weighted by molar-refractivity contribution is 0.0870. The molecule has 0 heterocycles. The molecule has 1 aromatic rings. The van der Waals surface area contributed by atoms with Crippen molar-refractivity contribution in [1.29, 1.82) is 0 Å². The molecular weight excluding hydrogens is 236 g/mol. The number of nitrogens with one attached hydrogen (secondary N) is 1. The Hall–Kier alpha value is -0.900. The second-order valence-electron chi connectivity index (χ2n) is 4.13. The normalized spacial score (nSPS) is 12.8. The van der Waals surface area contributed by atoms with E-state index in [0.717, 1.165) is 13.1 Å². The molecule has 0 radical (unpaired) electrons. The van der Waals surface area contributed by atoms with Crippen molar-refractivity contribution in [1.82, 2.24) is 10.2 Å². The van der Waals surface area contributed by atoms with Gasteiger partial charge in [-0.2, -0.15) is 0 Å². The van der Waals surface area contributed by atoms with Crippen LogP contribution in [0.25, 0.3) is 0 Å². The van der Waals surface area contributed by atoms with Crippen LogP contribution in [0.2, 0.25) is 5.02 Å². The van der Waals surface area contributed by atoms with Gasteiger partial charge in [0.05, 0.1) is 6.04 Å². The van der Waals surface area contributed by atoms with Gasteiger partial charge in [-0.3, -0.25) is 9.69 Å². The Kier molecular flexibility index (Phi) is 5.62. The largest absolute Gasteiger partial charge is 0.318 e. The van der Waals surface area contributed by atoms with E-state index in [9.17, 15) is 4.79 Å². The molecule has 0 saturated carbocycles. The molecule has 0 spiro atoms. The molecule has 0 fully saturated rings. The topological polar surface area (TPSA) is 32.3 Å². The highest BCUT2D eigenvalue weighted by atomic mass is 35.5. The molecule has 0 aliphatic carbocycles. The van der Waals surface area contributed by atoms with Crippen LogP contribution in [0, 0.1) is 0 Å². The molecule has 0 bridgehead atoms. The van der Waals surface area contributed by atoms with Crippen LogP contribution in [-0.4, -0.2) is 43.9 Å². The maximum Gasteiger partial charge on any atom is 0.179 e. The van der Waals surface area contributed by atoms with Gasteiger partial charge >= 0.3 is 0 Å². The van der Waals surface area contributed by atoms with E-state index in [1.54, 1.807) is 24.3 Å². The Morgan fingerprint density at radius 1 is 1.53 bits per heavy atom. The molecular formula is C13H19ClN2O. The van der Waals surface area contributed by atoms with Crippen LogP contribution in [0.4, 0.5) is 0 Å². The zero-order valence-electron chi connectivity index (χ0n) is 10.5.